The van der Waals surface area contributed by atoms with E-state index in [4.69, 9.17) is 10.5 Å². The molecule has 1 aromatic heterocycles. The van der Waals surface area contributed by atoms with E-state index in [9.17, 15) is 4.79 Å². The number of para-hydroxylation sites is 1. The van der Waals surface area contributed by atoms with Crippen molar-refractivity contribution in [3.8, 4) is 0 Å². The number of primary amides is 1. The molecule has 0 aliphatic rings. The number of carbonyl (C=O) groups excluding carboxylic acids is 1. The molecule has 0 aliphatic heterocycles. The number of carbonyl (C=O) groups is 1. The highest BCUT2D eigenvalue weighted by molar-refractivity contribution is 5.80. The molecule has 15 heavy (non-hydrogen) atoms. The number of aromatic amines is 1. The summed E-state index contributed by atoms with van der Waals surface area (Å²) in [5.41, 5.74) is 6.81. The highest BCUT2D eigenvalue weighted by Crippen LogP contribution is 2.21. The van der Waals surface area contributed by atoms with Crippen molar-refractivity contribution in [2.24, 2.45) is 5.73 Å². The Morgan fingerprint density at radius 3 is 2.87 bits per heavy atom. The smallest absolute Gasteiger partial charge is 0.405 e. The molecule has 3 N–H and O–H groups in total. The summed E-state index contributed by atoms with van der Waals surface area (Å²) in [6.07, 6.45) is -1.11. The van der Waals surface area contributed by atoms with Gasteiger partial charge in [-0.3, -0.25) is 0 Å². The van der Waals surface area contributed by atoms with Gasteiger partial charge in [-0.1, -0.05) is 18.2 Å². The van der Waals surface area contributed by atoms with Gasteiger partial charge in [0.25, 0.3) is 0 Å². The van der Waals surface area contributed by atoms with Crippen LogP contribution in [0.15, 0.2) is 30.3 Å². The third kappa shape index (κ3) is 1.93. The molecule has 78 valence electrons. The van der Waals surface area contributed by atoms with Crippen LogP contribution in [0.2, 0.25) is 0 Å². The van der Waals surface area contributed by atoms with Gasteiger partial charge in [0, 0.05) is 5.52 Å². The maximum Gasteiger partial charge on any atom is 0.405 e. The molecule has 0 saturated heterocycles. The van der Waals surface area contributed by atoms with Crippen LogP contribution < -0.4 is 5.73 Å². The minimum Gasteiger partial charge on any atom is -0.440 e. The molecule has 0 saturated carbocycles. The fourth-order valence-electron chi connectivity index (χ4n) is 1.55. The van der Waals surface area contributed by atoms with Gasteiger partial charge in [-0.05, 0) is 24.4 Å². The molecular weight excluding hydrogens is 192 g/mol. The standard InChI is InChI=1S/C11H12N2O2/c1-7(15-11(12)14)10-6-8-4-2-3-5-9(8)13-10/h2-7,13H,1H3,(H2,12,14). The van der Waals surface area contributed by atoms with E-state index in [1.54, 1.807) is 6.92 Å². The number of H-pyrrole nitrogens is 1. The second kappa shape index (κ2) is 3.65. The molecule has 0 radical (unpaired) electrons. The zero-order chi connectivity index (χ0) is 10.8. The summed E-state index contributed by atoms with van der Waals surface area (Å²) in [6, 6.07) is 9.81. The van der Waals surface area contributed by atoms with Crippen molar-refractivity contribution < 1.29 is 9.53 Å². The van der Waals surface area contributed by atoms with Crippen LogP contribution in [0.4, 0.5) is 4.79 Å². The van der Waals surface area contributed by atoms with Gasteiger partial charge in [0.15, 0.2) is 0 Å². The number of nitrogens with two attached hydrogens (primary N) is 1. The molecular formula is C11H12N2O2. The highest BCUT2D eigenvalue weighted by atomic mass is 16.6. The molecule has 0 aliphatic carbocycles. The summed E-state index contributed by atoms with van der Waals surface area (Å²) >= 11 is 0. The fourth-order valence-corrected chi connectivity index (χ4v) is 1.55. The third-order valence-corrected chi connectivity index (χ3v) is 2.28. The van der Waals surface area contributed by atoms with Gasteiger partial charge in [0.05, 0.1) is 5.69 Å². The average molecular weight is 204 g/mol. The van der Waals surface area contributed by atoms with E-state index in [-0.39, 0.29) is 6.10 Å². The van der Waals surface area contributed by atoms with Crippen LogP contribution in [0.5, 0.6) is 0 Å². The lowest BCUT2D eigenvalue weighted by Gasteiger charge is -2.08. The van der Waals surface area contributed by atoms with Gasteiger partial charge in [-0.25, -0.2) is 4.79 Å². The first kappa shape index (κ1) is 9.58. The average Bonchev–Trinajstić information content (AvgIpc) is 2.59. The van der Waals surface area contributed by atoms with E-state index >= 15 is 0 Å². The number of ether oxygens (including phenoxy) is 1. The number of fused-ring (bicyclic) bond motifs is 1. The number of aromatic nitrogens is 1. The van der Waals surface area contributed by atoms with Crippen LogP contribution in [0.1, 0.15) is 18.7 Å². The molecule has 1 heterocycles. The van der Waals surface area contributed by atoms with Crippen molar-refractivity contribution in [3.05, 3.63) is 36.0 Å². The number of hydrogen-bond donors (Lipinski definition) is 2. The first-order valence-electron chi connectivity index (χ1n) is 4.70. The van der Waals surface area contributed by atoms with Gasteiger partial charge >= 0.3 is 6.09 Å². The first-order chi connectivity index (χ1) is 7.16. The molecule has 2 aromatic rings. The SMILES string of the molecule is CC(OC(N)=O)c1cc2ccccc2[nH]1. The number of nitrogens with one attached hydrogen (secondary N) is 1. The minimum atomic E-state index is -0.763. The number of benzene rings is 1. The molecule has 2 rings (SSSR count). The first-order valence-corrected chi connectivity index (χ1v) is 4.70. The predicted octanol–water partition coefficient (Wildman–Crippen LogP) is 2.32. The Labute approximate surface area is 87.0 Å². The maximum absolute atomic E-state index is 10.6. The summed E-state index contributed by atoms with van der Waals surface area (Å²) in [7, 11) is 0. The van der Waals surface area contributed by atoms with E-state index in [1.807, 2.05) is 30.3 Å². The van der Waals surface area contributed by atoms with Crippen molar-refractivity contribution in [1.82, 2.24) is 4.98 Å². The molecule has 0 fully saturated rings. The monoisotopic (exact) mass is 204 g/mol. The lowest BCUT2D eigenvalue weighted by molar-refractivity contribution is 0.115. The Bertz CT molecular complexity index is 457. The van der Waals surface area contributed by atoms with Gasteiger partial charge in [0.2, 0.25) is 0 Å². The van der Waals surface area contributed by atoms with Crippen LogP contribution in [-0.4, -0.2) is 11.1 Å². The molecule has 0 bridgehead atoms. The molecule has 0 spiro atoms. The number of rotatable bonds is 2. The quantitative estimate of drug-likeness (QED) is 0.788. The summed E-state index contributed by atoms with van der Waals surface area (Å²) in [4.78, 5) is 13.8. The Morgan fingerprint density at radius 1 is 1.47 bits per heavy atom. The van der Waals surface area contributed by atoms with E-state index in [0.29, 0.717) is 0 Å². The van der Waals surface area contributed by atoms with Crippen molar-refractivity contribution >= 4 is 17.0 Å². The van der Waals surface area contributed by atoms with E-state index in [2.05, 4.69) is 4.98 Å². The second-order valence-corrected chi connectivity index (χ2v) is 3.39. The molecule has 1 amide bonds. The molecule has 4 heteroatoms. The zero-order valence-electron chi connectivity index (χ0n) is 8.36. The topological polar surface area (TPSA) is 68.1 Å². The lowest BCUT2D eigenvalue weighted by Crippen LogP contribution is -2.15. The Morgan fingerprint density at radius 2 is 2.20 bits per heavy atom. The largest absolute Gasteiger partial charge is 0.440 e. The third-order valence-electron chi connectivity index (χ3n) is 2.28. The van der Waals surface area contributed by atoms with Crippen molar-refractivity contribution in [3.63, 3.8) is 0 Å². The summed E-state index contributed by atoms with van der Waals surface area (Å²) in [5, 5.41) is 1.09. The predicted molar refractivity (Wildman–Crippen MR) is 57.4 cm³/mol. The van der Waals surface area contributed by atoms with Gasteiger partial charge in [-0.2, -0.15) is 0 Å². The van der Waals surface area contributed by atoms with Crippen molar-refractivity contribution in [2.45, 2.75) is 13.0 Å². The van der Waals surface area contributed by atoms with Crippen LogP contribution in [0.25, 0.3) is 10.9 Å². The second-order valence-electron chi connectivity index (χ2n) is 3.39. The summed E-state index contributed by atoms with van der Waals surface area (Å²) in [5.74, 6) is 0. The van der Waals surface area contributed by atoms with Crippen LogP contribution in [0, 0.1) is 0 Å². The lowest BCUT2D eigenvalue weighted by atomic mass is 10.2. The van der Waals surface area contributed by atoms with Crippen LogP contribution in [0.3, 0.4) is 0 Å². The zero-order valence-corrected chi connectivity index (χ0v) is 8.36. The molecule has 1 atom stereocenters. The van der Waals surface area contributed by atoms with Crippen LogP contribution in [-0.2, 0) is 4.74 Å². The van der Waals surface area contributed by atoms with Gasteiger partial charge in [0.1, 0.15) is 6.10 Å². The Balaban J connectivity index is 2.32. The maximum atomic E-state index is 10.6. The highest BCUT2D eigenvalue weighted by Gasteiger charge is 2.11. The van der Waals surface area contributed by atoms with Crippen LogP contribution >= 0.6 is 0 Å². The van der Waals surface area contributed by atoms with Gasteiger partial charge < -0.3 is 15.5 Å². The van der Waals surface area contributed by atoms with Crippen molar-refractivity contribution in [1.29, 1.82) is 0 Å². The summed E-state index contributed by atoms with van der Waals surface area (Å²) in [6.45, 7) is 1.77. The minimum absolute atomic E-state index is 0.352. The van der Waals surface area contributed by atoms with E-state index < -0.39 is 6.09 Å². The Hall–Kier alpha value is -1.97. The van der Waals surface area contributed by atoms with E-state index in [0.717, 1.165) is 16.6 Å². The molecule has 1 aromatic carbocycles. The summed E-state index contributed by atoms with van der Waals surface area (Å²) < 4.78 is 4.87. The fraction of sp³-hybridized carbons (Fsp3) is 0.182. The normalized spacial score (nSPS) is 12.6. The van der Waals surface area contributed by atoms with Gasteiger partial charge in [-0.15, -0.1) is 0 Å². The number of hydrogen-bond acceptors (Lipinski definition) is 2. The van der Waals surface area contributed by atoms with E-state index in [1.165, 1.54) is 0 Å². The van der Waals surface area contributed by atoms with Crippen molar-refractivity contribution in [2.75, 3.05) is 0 Å². The molecule has 1 unspecified atom stereocenters. The molecule has 4 nitrogen and oxygen atoms in total. The number of amides is 1. The Kier molecular flexibility index (Phi) is 2.33.